The third kappa shape index (κ3) is 3.88. The lowest BCUT2D eigenvalue weighted by molar-refractivity contribution is -0.384. The molecule has 2 aromatic heterocycles. The Morgan fingerprint density at radius 3 is 2.93 bits per heavy atom. The molecule has 0 spiro atoms. The van der Waals surface area contributed by atoms with Gasteiger partial charge in [0.2, 0.25) is 0 Å². The first-order chi connectivity index (χ1) is 13.5. The van der Waals surface area contributed by atoms with Crippen LogP contribution >= 0.6 is 22.9 Å². The molecule has 0 aliphatic heterocycles. The van der Waals surface area contributed by atoms with Crippen molar-refractivity contribution in [1.29, 1.82) is 0 Å². The van der Waals surface area contributed by atoms with Crippen LogP contribution in [0.4, 0.5) is 10.8 Å². The molecule has 0 bridgehead atoms. The van der Waals surface area contributed by atoms with Crippen LogP contribution in [0.2, 0.25) is 5.02 Å². The fraction of sp³-hybridized carbons (Fsp3) is 0.0526. The number of nitro groups is 1. The molecule has 2 aromatic carbocycles. The Morgan fingerprint density at radius 2 is 2.11 bits per heavy atom. The zero-order chi connectivity index (χ0) is 19.7. The molecule has 0 saturated heterocycles. The summed E-state index contributed by atoms with van der Waals surface area (Å²) >= 11 is 7.24. The molecule has 0 radical (unpaired) electrons. The van der Waals surface area contributed by atoms with Crippen molar-refractivity contribution in [3.8, 4) is 0 Å². The van der Waals surface area contributed by atoms with Crippen molar-refractivity contribution >= 4 is 50.6 Å². The first kappa shape index (κ1) is 18.1. The maximum atomic E-state index is 12.4. The van der Waals surface area contributed by atoms with E-state index in [1.165, 1.54) is 23.5 Å². The van der Waals surface area contributed by atoms with E-state index in [9.17, 15) is 14.9 Å². The molecule has 1 N–H and O–H groups in total. The van der Waals surface area contributed by atoms with Crippen molar-refractivity contribution in [2.24, 2.45) is 0 Å². The van der Waals surface area contributed by atoms with Crippen molar-refractivity contribution in [1.82, 2.24) is 4.98 Å². The lowest BCUT2D eigenvalue weighted by Crippen LogP contribution is -2.10. The Labute approximate surface area is 167 Å². The van der Waals surface area contributed by atoms with Crippen LogP contribution in [-0.2, 0) is 6.42 Å². The van der Waals surface area contributed by atoms with E-state index < -0.39 is 10.8 Å². The minimum atomic E-state index is -0.428. The molecular formula is C19H12ClN3O4S. The molecule has 1 amide bonds. The molecule has 28 heavy (non-hydrogen) atoms. The third-order valence-electron chi connectivity index (χ3n) is 3.98. The number of hydrogen-bond donors (Lipinski definition) is 1. The zero-order valence-corrected chi connectivity index (χ0v) is 15.8. The van der Waals surface area contributed by atoms with Crippen molar-refractivity contribution in [3.05, 3.63) is 86.1 Å². The van der Waals surface area contributed by atoms with Crippen molar-refractivity contribution in [2.75, 3.05) is 5.32 Å². The standard InChI is InChI=1S/C19H12ClN3O4S/c20-13-4-5-16-12(8-13)9-17(27-16)18(24)22-19-21-10-15(28-19)7-11-2-1-3-14(6-11)23(25)26/h1-6,8-10H,7H2,(H,21,22,24). The number of amides is 1. The minimum Gasteiger partial charge on any atom is -0.451 e. The Balaban J connectivity index is 1.47. The summed E-state index contributed by atoms with van der Waals surface area (Å²) in [6.07, 6.45) is 2.12. The number of carbonyl (C=O) groups excluding carboxylic acids is 1. The van der Waals surface area contributed by atoms with Gasteiger partial charge in [-0.05, 0) is 29.8 Å². The summed E-state index contributed by atoms with van der Waals surface area (Å²) in [5.74, 6) is -0.253. The monoisotopic (exact) mass is 413 g/mol. The summed E-state index contributed by atoms with van der Waals surface area (Å²) < 4.78 is 5.54. The Kier molecular flexibility index (Phi) is 4.81. The van der Waals surface area contributed by atoms with Crippen molar-refractivity contribution in [3.63, 3.8) is 0 Å². The van der Waals surface area contributed by atoms with Gasteiger partial charge in [0, 0.05) is 40.0 Å². The number of nitrogens with zero attached hydrogens (tertiary/aromatic N) is 2. The minimum absolute atomic E-state index is 0.0422. The summed E-state index contributed by atoms with van der Waals surface area (Å²) in [6.45, 7) is 0. The van der Waals surface area contributed by atoms with E-state index in [2.05, 4.69) is 10.3 Å². The highest BCUT2D eigenvalue weighted by atomic mass is 35.5. The van der Waals surface area contributed by atoms with Gasteiger partial charge in [-0.3, -0.25) is 20.2 Å². The summed E-state index contributed by atoms with van der Waals surface area (Å²) in [5.41, 5.74) is 1.41. The van der Waals surface area contributed by atoms with Crippen LogP contribution in [-0.4, -0.2) is 15.8 Å². The van der Waals surface area contributed by atoms with Crippen LogP contribution in [0.25, 0.3) is 11.0 Å². The van der Waals surface area contributed by atoms with Gasteiger partial charge in [0.05, 0.1) is 4.92 Å². The number of thiazole rings is 1. The number of aromatic nitrogens is 1. The number of nitro benzene ring substituents is 1. The molecular weight excluding hydrogens is 402 g/mol. The molecule has 9 heteroatoms. The number of carbonyl (C=O) groups is 1. The number of hydrogen-bond acceptors (Lipinski definition) is 6. The Hall–Kier alpha value is -3.23. The van der Waals surface area contributed by atoms with Gasteiger partial charge in [0.25, 0.3) is 11.6 Å². The normalized spacial score (nSPS) is 10.9. The predicted molar refractivity (Wildman–Crippen MR) is 107 cm³/mol. The molecule has 4 aromatic rings. The number of anilines is 1. The maximum absolute atomic E-state index is 12.4. The first-order valence-electron chi connectivity index (χ1n) is 8.16. The van der Waals surface area contributed by atoms with Gasteiger partial charge < -0.3 is 4.42 Å². The lowest BCUT2D eigenvalue weighted by Gasteiger charge is -1.99. The van der Waals surface area contributed by atoms with Gasteiger partial charge >= 0.3 is 0 Å². The van der Waals surface area contributed by atoms with Gasteiger partial charge in [-0.2, -0.15) is 0 Å². The molecule has 4 rings (SSSR count). The number of non-ortho nitro benzene ring substituents is 1. The van der Waals surface area contributed by atoms with Gasteiger partial charge in [-0.25, -0.2) is 4.98 Å². The number of benzene rings is 2. The average Bonchev–Trinajstić information content (AvgIpc) is 3.28. The maximum Gasteiger partial charge on any atom is 0.293 e. The fourth-order valence-electron chi connectivity index (χ4n) is 2.71. The molecule has 0 fully saturated rings. The van der Waals surface area contributed by atoms with E-state index in [1.807, 2.05) is 6.07 Å². The summed E-state index contributed by atoms with van der Waals surface area (Å²) in [7, 11) is 0. The van der Waals surface area contributed by atoms with E-state index in [-0.39, 0.29) is 11.4 Å². The number of fused-ring (bicyclic) bond motifs is 1. The predicted octanol–water partition coefficient (Wildman–Crippen LogP) is 5.29. The van der Waals surface area contributed by atoms with E-state index in [0.717, 1.165) is 15.8 Å². The highest BCUT2D eigenvalue weighted by molar-refractivity contribution is 7.15. The Bertz CT molecular complexity index is 1200. The Morgan fingerprint density at radius 1 is 1.25 bits per heavy atom. The summed E-state index contributed by atoms with van der Waals surface area (Å²) in [4.78, 5) is 27.9. The summed E-state index contributed by atoms with van der Waals surface area (Å²) in [6, 6.07) is 13.2. The first-order valence-corrected chi connectivity index (χ1v) is 9.36. The highest BCUT2D eigenvalue weighted by Gasteiger charge is 2.15. The second kappa shape index (κ2) is 7.41. The zero-order valence-electron chi connectivity index (χ0n) is 14.2. The second-order valence-corrected chi connectivity index (χ2v) is 7.53. The molecule has 0 aliphatic carbocycles. The second-order valence-electron chi connectivity index (χ2n) is 5.98. The molecule has 7 nitrogen and oxygen atoms in total. The van der Waals surface area contributed by atoms with Gasteiger partial charge in [0.1, 0.15) is 5.58 Å². The van der Waals surface area contributed by atoms with Crippen LogP contribution in [0.15, 0.2) is 59.1 Å². The quantitative estimate of drug-likeness (QED) is 0.354. The smallest absolute Gasteiger partial charge is 0.293 e. The van der Waals surface area contributed by atoms with Crippen LogP contribution in [0.1, 0.15) is 21.0 Å². The molecule has 0 saturated carbocycles. The third-order valence-corrected chi connectivity index (χ3v) is 5.12. The van der Waals surface area contributed by atoms with Crippen LogP contribution in [0, 0.1) is 10.1 Å². The molecule has 140 valence electrons. The van der Waals surface area contributed by atoms with E-state index >= 15 is 0 Å². The topological polar surface area (TPSA) is 98.3 Å². The van der Waals surface area contributed by atoms with E-state index in [4.69, 9.17) is 16.0 Å². The van der Waals surface area contributed by atoms with Crippen molar-refractivity contribution < 1.29 is 14.1 Å². The highest BCUT2D eigenvalue weighted by Crippen LogP contribution is 2.26. The molecule has 0 aliphatic rings. The molecule has 0 unspecified atom stereocenters. The van der Waals surface area contributed by atoms with Gasteiger partial charge in [0.15, 0.2) is 10.9 Å². The number of furan rings is 1. The molecule has 0 atom stereocenters. The van der Waals surface area contributed by atoms with E-state index in [0.29, 0.717) is 22.2 Å². The average molecular weight is 414 g/mol. The number of halogens is 1. The lowest BCUT2D eigenvalue weighted by atomic mass is 10.1. The number of rotatable bonds is 5. The van der Waals surface area contributed by atoms with Crippen molar-refractivity contribution in [2.45, 2.75) is 6.42 Å². The SMILES string of the molecule is O=C(Nc1ncc(Cc2cccc([N+](=O)[O-])c2)s1)c1cc2cc(Cl)ccc2o1. The fourth-order valence-corrected chi connectivity index (χ4v) is 3.74. The summed E-state index contributed by atoms with van der Waals surface area (Å²) in [5, 5.41) is 15.3. The largest absolute Gasteiger partial charge is 0.451 e. The number of nitrogens with one attached hydrogen (secondary N) is 1. The van der Waals surface area contributed by atoms with Gasteiger partial charge in [-0.15, -0.1) is 11.3 Å². The molecule has 2 heterocycles. The van der Waals surface area contributed by atoms with E-state index in [1.54, 1.807) is 36.5 Å². The van der Waals surface area contributed by atoms with Crippen LogP contribution in [0.5, 0.6) is 0 Å². The van der Waals surface area contributed by atoms with Gasteiger partial charge in [-0.1, -0.05) is 23.7 Å². The van der Waals surface area contributed by atoms with Crippen LogP contribution < -0.4 is 5.32 Å². The van der Waals surface area contributed by atoms with Crippen LogP contribution in [0.3, 0.4) is 0 Å².